The first-order valence-corrected chi connectivity index (χ1v) is 18.7. The van der Waals surface area contributed by atoms with E-state index in [4.69, 9.17) is 35.4 Å². The number of nitrogens with two attached hydrogens (primary N) is 1. The van der Waals surface area contributed by atoms with Crippen LogP contribution in [0.15, 0.2) is 73.1 Å². The Hall–Kier alpha value is -5.21. The van der Waals surface area contributed by atoms with Crippen molar-refractivity contribution in [3.05, 3.63) is 117 Å². The third-order valence-corrected chi connectivity index (χ3v) is 10.1. The van der Waals surface area contributed by atoms with Crippen LogP contribution < -0.4 is 11.1 Å². The van der Waals surface area contributed by atoms with Gasteiger partial charge >= 0.3 is 23.7 Å². The molecule has 2 aliphatic heterocycles. The van der Waals surface area contributed by atoms with Crippen LogP contribution in [-0.2, 0) is 19.2 Å². The molecule has 4 heterocycles. The number of alkyl halides is 1. The highest BCUT2D eigenvalue weighted by molar-refractivity contribution is 6.40. The number of aromatic nitrogens is 2. The molecule has 4 atom stereocenters. The molecular formula is C41H47Cl2F3N6O5. The second-order valence-electron chi connectivity index (χ2n) is 13.8. The van der Waals surface area contributed by atoms with E-state index in [9.17, 15) is 32.3 Å². The molecule has 57 heavy (non-hydrogen) atoms. The van der Waals surface area contributed by atoms with Crippen LogP contribution in [0.1, 0.15) is 75.5 Å². The summed E-state index contributed by atoms with van der Waals surface area (Å²) < 4.78 is 41.7. The zero-order chi connectivity index (χ0) is 43.1. The minimum absolute atomic E-state index is 0.250. The van der Waals surface area contributed by atoms with Crippen LogP contribution >= 0.6 is 23.2 Å². The van der Waals surface area contributed by atoms with Gasteiger partial charge in [-0.15, -0.1) is 0 Å². The standard InChI is InChI=1S/C20H21ClFN3O2.C14H16FNO3.C6H7ClN2.CH3F/c1-12-3-8-18(14-4-6-15(22)7-5-14)25(11-12)20(27)19(26)24-16-9-17(21)13(2)23-10-16;1-9-2-7-12(10-3-5-11(15)6-4-10)16(8-9)13(17)14(18)19;1-4-6(7)2-5(8)3-9-4;1-2/h4-7,9-10,12,18H,3,8,11H2,1-2H3,(H,24,26);3-6,9,12H,2,7-8H2,1H3,(H,18,19);2-3H,8H2,1H3;1H3/t12-,18+;9-,12+;;/m11../s1/i;;;1D. The smallest absolute Gasteiger partial charge is 0.394 e. The van der Waals surface area contributed by atoms with Gasteiger partial charge in [0.05, 0.1) is 65.8 Å². The lowest BCUT2D eigenvalue weighted by molar-refractivity contribution is -0.158. The van der Waals surface area contributed by atoms with E-state index in [2.05, 4.69) is 15.3 Å². The number of piperidine rings is 2. The number of aryl methyl sites for hydroxylation is 2. The average molecular weight is 833 g/mol. The highest BCUT2D eigenvalue weighted by Crippen LogP contribution is 2.35. The molecule has 0 aliphatic carbocycles. The van der Waals surface area contributed by atoms with Gasteiger partial charge in [0.1, 0.15) is 11.6 Å². The number of benzene rings is 2. The number of likely N-dealkylation sites (tertiary alicyclic amines) is 2. The highest BCUT2D eigenvalue weighted by atomic mass is 35.5. The Morgan fingerprint density at radius 3 is 1.60 bits per heavy atom. The minimum Gasteiger partial charge on any atom is -0.474 e. The summed E-state index contributed by atoms with van der Waals surface area (Å²) >= 11 is 11.7. The van der Waals surface area contributed by atoms with Gasteiger partial charge in [-0.05, 0) is 98.9 Å². The van der Waals surface area contributed by atoms with Gasteiger partial charge < -0.3 is 26.0 Å². The van der Waals surface area contributed by atoms with E-state index >= 15 is 0 Å². The SMILES string of the molecule is C[C@@H]1CC[C@@H](c2ccc(F)cc2)N(C(=O)C(=O)O)C1.Cc1ncc(N)cc1Cl.Cc1ncc(NC(=O)C(=O)N2C[C@H](C)CC[C@H]2c2ccc(F)cc2)cc1Cl.[2H]CF. The number of aliphatic carboxylic acids is 1. The maximum atomic E-state index is 13.2. The van der Waals surface area contributed by atoms with Gasteiger partial charge in [0.2, 0.25) is 0 Å². The molecule has 0 saturated carbocycles. The van der Waals surface area contributed by atoms with Crippen molar-refractivity contribution < 1.29 is 38.8 Å². The third kappa shape index (κ3) is 13.5. The Morgan fingerprint density at radius 2 is 1.19 bits per heavy atom. The van der Waals surface area contributed by atoms with Crippen LogP contribution in [0.3, 0.4) is 0 Å². The number of hydrogen-bond donors (Lipinski definition) is 3. The summed E-state index contributed by atoms with van der Waals surface area (Å²) in [7, 11) is -1.00. The fourth-order valence-electron chi connectivity index (χ4n) is 6.35. The van der Waals surface area contributed by atoms with Gasteiger partial charge in [-0.25, -0.2) is 13.6 Å². The van der Waals surface area contributed by atoms with Gasteiger partial charge in [-0.1, -0.05) is 61.3 Å². The Morgan fingerprint density at radius 1 is 0.772 bits per heavy atom. The topological polar surface area (TPSA) is 159 Å². The van der Waals surface area contributed by atoms with E-state index in [0.29, 0.717) is 46.6 Å². The van der Waals surface area contributed by atoms with Crippen molar-refractivity contribution in [3.8, 4) is 0 Å². The molecule has 6 rings (SSSR count). The number of carboxylic acid groups (broad SMARTS) is 1. The van der Waals surface area contributed by atoms with Gasteiger partial charge in [0.25, 0.3) is 0 Å². The second-order valence-corrected chi connectivity index (χ2v) is 14.6. The van der Waals surface area contributed by atoms with Crippen LogP contribution in [0.4, 0.5) is 24.5 Å². The van der Waals surface area contributed by atoms with E-state index in [1.165, 1.54) is 35.4 Å². The fourth-order valence-corrected chi connectivity index (χ4v) is 6.69. The molecule has 2 saturated heterocycles. The van der Waals surface area contributed by atoms with E-state index in [1.807, 2.05) is 20.8 Å². The molecule has 0 bridgehead atoms. The van der Waals surface area contributed by atoms with Crippen molar-refractivity contribution in [1.82, 2.24) is 19.8 Å². The molecule has 11 nitrogen and oxygen atoms in total. The lowest BCUT2D eigenvalue weighted by atomic mass is 9.90. The summed E-state index contributed by atoms with van der Waals surface area (Å²) in [6.07, 6.45) is 6.33. The molecule has 16 heteroatoms. The number of pyridine rings is 2. The van der Waals surface area contributed by atoms with Crippen molar-refractivity contribution >= 4 is 58.3 Å². The predicted molar refractivity (Wildman–Crippen MR) is 214 cm³/mol. The molecule has 0 unspecified atom stereocenters. The number of nitrogens with zero attached hydrogens (tertiary/aromatic N) is 4. The van der Waals surface area contributed by atoms with Crippen molar-refractivity contribution in [3.63, 3.8) is 0 Å². The van der Waals surface area contributed by atoms with Crippen molar-refractivity contribution in [2.75, 3.05) is 31.3 Å². The number of carboxylic acids is 1. The summed E-state index contributed by atoms with van der Waals surface area (Å²) in [5.41, 5.74) is 9.41. The number of hydrogen-bond acceptors (Lipinski definition) is 7. The van der Waals surface area contributed by atoms with E-state index < -0.39 is 30.8 Å². The number of amides is 3. The van der Waals surface area contributed by atoms with Crippen molar-refractivity contribution in [1.29, 1.82) is 0 Å². The first-order chi connectivity index (χ1) is 27.4. The molecule has 2 aromatic carbocycles. The highest BCUT2D eigenvalue weighted by Gasteiger charge is 2.35. The van der Waals surface area contributed by atoms with Gasteiger partial charge in [0.15, 0.2) is 0 Å². The molecule has 4 N–H and O–H groups in total. The molecule has 306 valence electrons. The molecule has 0 radical (unpaired) electrons. The van der Waals surface area contributed by atoms with Crippen LogP contribution in [-0.4, -0.2) is 68.8 Å². The maximum Gasteiger partial charge on any atom is 0.394 e. The molecule has 2 aromatic heterocycles. The number of anilines is 2. The largest absolute Gasteiger partial charge is 0.474 e. The second kappa shape index (κ2) is 21.9. The predicted octanol–water partition coefficient (Wildman–Crippen LogP) is 8.54. The Kier molecular flexibility index (Phi) is 17.1. The maximum absolute atomic E-state index is 13.2. The number of rotatable bonds is 3. The summed E-state index contributed by atoms with van der Waals surface area (Å²) in [5, 5.41) is 12.5. The summed E-state index contributed by atoms with van der Waals surface area (Å²) in [6, 6.07) is 14.7. The Bertz CT molecular complexity index is 2020. The lowest BCUT2D eigenvalue weighted by Crippen LogP contribution is -2.46. The molecule has 2 aliphatic rings. The third-order valence-electron chi connectivity index (χ3n) is 9.37. The van der Waals surface area contributed by atoms with E-state index in [1.54, 1.807) is 54.4 Å². The molecular weight excluding hydrogens is 784 g/mol. The Balaban J connectivity index is 0.000000250. The molecule has 4 aromatic rings. The summed E-state index contributed by atoms with van der Waals surface area (Å²) in [6.45, 7) is 8.52. The number of nitrogens with one attached hydrogen (secondary N) is 1. The van der Waals surface area contributed by atoms with E-state index in [-0.39, 0.29) is 35.6 Å². The van der Waals surface area contributed by atoms with Crippen LogP contribution in [0.25, 0.3) is 0 Å². The van der Waals surface area contributed by atoms with Crippen LogP contribution in [0.5, 0.6) is 0 Å². The molecule has 2 fully saturated rings. The van der Waals surface area contributed by atoms with Gasteiger partial charge in [-0.3, -0.25) is 28.7 Å². The lowest BCUT2D eigenvalue weighted by Gasteiger charge is -2.38. The normalized spacial score (nSPS) is 18.9. The minimum atomic E-state index is -1.44. The van der Waals surface area contributed by atoms with Crippen molar-refractivity contribution in [2.24, 2.45) is 11.8 Å². The average Bonchev–Trinajstić information content (AvgIpc) is 3.19. The van der Waals surface area contributed by atoms with Crippen molar-refractivity contribution in [2.45, 2.75) is 65.5 Å². The zero-order valence-electron chi connectivity index (χ0n) is 33.0. The fraction of sp³-hybridized carbons (Fsp3) is 0.366. The summed E-state index contributed by atoms with van der Waals surface area (Å²) in [5.74, 6) is -3.80. The van der Waals surface area contributed by atoms with Crippen LogP contribution in [0.2, 0.25) is 10.0 Å². The monoisotopic (exact) mass is 831 g/mol. The number of carbonyl (C=O) groups excluding carboxylic acids is 3. The number of nitrogen functional groups attached to an aromatic ring is 1. The first kappa shape index (κ1) is 44.5. The molecule has 0 spiro atoms. The summed E-state index contributed by atoms with van der Waals surface area (Å²) in [4.78, 5) is 58.9. The zero-order valence-corrected chi connectivity index (χ0v) is 33.5. The quantitative estimate of drug-likeness (QED) is 0.173. The van der Waals surface area contributed by atoms with Gasteiger partial charge in [-0.2, -0.15) is 0 Å². The Labute approximate surface area is 341 Å². The first-order valence-electron chi connectivity index (χ1n) is 18.7. The van der Waals surface area contributed by atoms with E-state index in [0.717, 1.165) is 36.1 Å². The number of carbonyl (C=O) groups is 4. The number of halogens is 5. The van der Waals surface area contributed by atoms with Gasteiger partial charge in [0, 0.05) is 13.1 Å². The van der Waals surface area contributed by atoms with Crippen LogP contribution in [0, 0.1) is 37.3 Å². The molecule has 3 amide bonds.